The van der Waals surface area contributed by atoms with E-state index in [2.05, 4.69) is 10.6 Å². The van der Waals surface area contributed by atoms with Gasteiger partial charge in [-0.05, 0) is 20.5 Å². The Morgan fingerprint density at radius 2 is 2.25 bits per heavy atom. The quantitative estimate of drug-likeness (QED) is 0.594. The highest BCUT2D eigenvalue weighted by molar-refractivity contribution is 5.88. The topological polar surface area (TPSA) is 44.4 Å². The second-order valence-electron chi connectivity index (χ2n) is 3.53. The van der Waals surface area contributed by atoms with E-state index in [9.17, 15) is 4.79 Å². The molecule has 4 nitrogen and oxygen atoms in total. The van der Waals surface area contributed by atoms with Gasteiger partial charge in [0.1, 0.15) is 5.54 Å². The smallest absolute Gasteiger partial charge is 0.242 e. The summed E-state index contributed by atoms with van der Waals surface area (Å²) < 4.78 is 0. The Labute approximate surface area is 73.3 Å². The van der Waals surface area contributed by atoms with Crippen molar-refractivity contribution in [2.24, 2.45) is 0 Å². The van der Waals surface area contributed by atoms with Gasteiger partial charge in [0.25, 0.3) is 0 Å². The molecule has 1 aliphatic heterocycles. The number of carbonyl (C=O) groups is 1. The predicted molar refractivity (Wildman–Crippen MR) is 47.7 cm³/mol. The molecule has 1 atom stereocenters. The maximum absolute atomic E-state index is 11.5. The summed E-state index contributed by atoms with van der Waals surface area (Å²) in [7, 11) is 3.95. The van der Waals surface area contributed by atoms with E-state index in [0.29, 0.717) is 6.67 Å². The number of carbonyl (C=O) groups excluding carboxylic acids is 1. The molecule has 70 valence electrons. The summed E-state index contributed by atoms with van der Waals surface area (Å²) in [5.74, 6) is 0.124. The lowest BCUT2D eigenvalue weighted by Gasteiger charge is -2.28. The zero-order valence-corrected chi connectivity index (χ0v) is 7.98. The van der Waals surface area contributed by atoms with Gasteiger partial charge in [0.15, 0.2) is 0 Å². The van der Waals surface area contributed by atoms with E-state index in [4.69, 9.17) is 0 Å². The fourth-order valence-electron chi connectivity index (χ4n) is 1.61. The number of nitrogens with zero attached hydrogens (tertiary/aromatic N) is 1. The molecule has 1 aliphatic rings. The highest BCUT2D eigenvalue weighted by Crippen LogP contribution is 2.14. The average Bonchev–Trinajstić information content (AvgIpc) is 2.32. The van der Waals surface area contributed by atoms with Gasteiger partial charge in [-0.25, -0.2) is 0 Å². The first-order valence-electron chi connectivity index (χ1n) is 4.29. The Hall–Kier alpha value is -0.610. The molecule has 1 unspecified atom stereocenters. The summed E-state index contributed by atoms with van der Waals surface area (Å²) in [6.07, 6.45) is 0.830. The highest BCUT2D eigenvalue weighted by atomic mass is 16.2. The summed E-state index contributed by atoms with van der Waals surface area (Å²) in [6.45, 7) is 3.39. The average molecular weight is 171 g/mol. The Morgan fingerprint density at radius 3 is 2.58 bits per heavy atom. The van der Waals surface area contributed by atoms with E-state index in [0.717, 1.165) is 13.0 Å². The molecule has 0 radical (unpaired) electrons. The summed E-state index contributed by atoms with van der Waals surface area (Å²) in [5.41, 5.74) is -0.358. The Bertz CT molecular complexity index is 181. The predicted octanol–water partition coefficient (Wildman–Crippen LogP) is -0.626. The van der Waals surface area contributed by atoms with Crippen LogP contribution in [0.25, 0.3) is 0 Å². The van der Waals surface area contributed by atoms with Crippen LogP contribution in [-0.2, 0) is 4.79 Å². The van der Waals surface area contributed by atoms with Crippen molar-refractivity contribution in [3.63, 3.8) is 0 Å². The summed E-state index contributed by atoms with van der Waals surface area (Å²) >= 11 is 0. The van der Waals surface area contributed by atoms with Gasteiger partial charge in [0.2, 0.25) is 5.91 Å². The van der Waals surface area contributed by atoms with E-state index < -0.39 is 0 Å². The number of hydrogen-bond acceptors (Lipinski definition) is 3. The molecule has 0 spiro atoms. The molecule has 1 fully saturated rings. The lowest BCUT2D eigenvalue weighted by molar-refractivity contribution is -0.124. The molecule has 0 aliphatic carbocycles. The lowest BCUT2D eigenvalue weighted by atomic mass is 9.96. The minimum Gasteiger partial charge on any atom is -0.342 e. The first-order valence-corrected chi connectivity index (χ1v) is 4.29. The van der Waals surface area contributed by atoms with E-state index in [-0.39, 0.29) is 11.4 Å². The van der Waals surface area contributed by atoms with Gasteiger partial charge < -0.3 is 10.2 Å². The molecule has 12 heavy (non-hydrogen) atoms. The third kappa shape index (κ3) is 1.59. The van der Waals surface area contributed by atoms with Crippen LogP contribution >= 0.6 is 0 Å². The molecule has 1 rings (SSSR count). The Morgan fingerprint density at radius 1 is 1.58 bits per heavy atom. The third-order valence-electron chi connectivity index (χ3n) is 2.30. The van der Waals surface area contributed by atoms with Gasteiger partial charge >= 0.3 is 0 Å². The molecule has 0 bridgehead atoms. The number of likely N-dealkylation sites (N-methyl/N-ethyl adjacent to an activating group) is 1. The van der Waals surface area contributed by atoms with Crippen molar-refractivity contribution < 1.29 is 4.79 Å². The van der Waals surface area contributed by atoms with Gasteiger partial charge in [-0.15, -0.1) is 0 Å². The van der Waals surface area contributed by atoms with Crippen molar-refractivity contribution in [3.05, 3.63) is 0 Å². The van der Waals surface area contributed by atoms with Crippen molar-refractivity contribution >= 4 is 5.91 Å². The van der Waals surface area contributed by atoms with Crippen molar-refractivity contribution in [3.8, 4) is 0 Å². The van der Waals surface area contributed by atoms with Crippen LogP contribution in [0.2, 0.25) is 0 Å². The second kappa shape index (κ2) is 3.41. The molecule has 2 N–H and O–H groups in total. The van der Waals surface area contributed by atoms with Crippen LogP contribution in [0.1, 0.15) is 13.3 Å². The van der Waals surface area contributed by atoms with E-state index in [1.807, 2.05) is 25.9 Å². The van der Waals surface area contributed by atoms with Crippen molar-refractivity contribution in [2.45, 2.75) is 18.9 Å². The van der Waals surface area contributed by atoms with Gasteiger partial charge in [-0.1, -0.05) is 6.92 Å². The molecule has 0 saturated carbocycles. The third-order valence-corrected chi connectivity index (χ3v) is 2.30. The van der Waals surface area contributed by atoms with Crippen LogP contribution in [0.3, 0.4) is 0 Å². The first-order chi connectivity index (χ1) is 5.60. The van der Waals surface area contributed by atoms with Crippen LogP contribution in [-0.4, -0.2) is 43.7 Å². The first kappa shape index (κ1) is 9.48. The zero-order valence-electron chi connectivity index (χ0n) is 7.98. The van der Waals surface area contributed by atoms with Crippen LogP contribution in [0.15, 0.2) is 0 Å². The monoisotopic (exact) mass is 171 g/mol. The van der Waals surface area contributed by atoms with Gasteiger partial charge in [0, 0.05) is 6.54 Å². The molecule has 0 aromatic heterocycles. The zero-order chi connectivity index (χ0) is 9.19. The van der Waals surface area contributed by atoms with E-state index in [1.54, 1.807) is 0 Å². The minimum atomic E-state index is -0.358. The maximum Gasteiger partial charge on any atom is 0.242 e. The minimum absolute atomic E-state index is 0.124. The summed E-state index contributed by atoms with van der Waals surface area (Å²) in [6, 6.07) is 0. The Kier molecular flexibility index (Phi) is 2.69. The molecule has 4 heteroatoms. The number of nitrogens with one attached hydrogen (secondary N) is 2. The van der Waals surface area contributed by atoms with Crippen molar-refractivity contribution in [1.29, 1.82) is 0 Å². The molecule has 0 aromatic rings. The molecular weight excluding hydrogens is 154 g/mol. The van der Waals surface area contributed by atoms with E-state index >= 15 is 0 Å². The summed E-state index contributed by atoms with van der Waals surface area (Å²) in [5, 5.41) is 5.99. The van der Waals surface area contributed by atoms with Crippen molar-refractivity contribution in [2.75, 3.05) is 27.3 Å². The van der Waals surface area contributed by atoms with Gasteiger partial charge in [0.05, 0.1) is 6.67 Å². The van der Waals surface area contributed by atoms with Crippen LogP contribution in [0.4, 0.5) is 0 Å². The molecule has 0 aromatic carbocycles. The van der Waals surface area contributed by atoms with E-state index in [1.165, 1.54) is 0 Å². The molecular formula is C8H17N3O. The highest BCUT2D eigenvalue weighted by Gasteiger charge is 2.40. The number of rotatable bonds is 3. The van der Waals surface area contributed by atoms with Crippen LogP contribution in [0.5, 0.6) is 0 Å². The summed E-state index contributed by atoms with van der Waals surface area (Å²) in [4.78, 5) is 13.5. The van der Waals surface area contributed by atoms with Gasteiger partial charge in [-0.2, -0.15) is 0 Å². The number of amides is 1. The number of hydrogen-bond donors (Lipinski definition) is 2. The standard InChI is InChI=1S/C8H17N3O/c1-4-8(5-11(2)3)7(12)9-6-10-8/h10H,4-6H2,1-3H3,(H,9,12). The fraction of sp³-hybridized carbons (Fsp3) is 0.875. The largest absolute Gasteiger partial charge is 0.342 e. The molecule has 1 heterocycles. The van der Waals surface area contributed by atoms with Crippen LogP contribution < -0.4 is 10.6 Å². The van der Waals surface area contributed by atoms with Crippen LogP contribution in [0, 0.1) is 0 Å². The Balaban J connectivity index is 2.68. The van der Waals surface area contributed by atoms with Crippen molar-refractivity contribution in [1.82, 2.24) is 15.5 Å². The lowest BCUT2D eigenvalue weighted by Crippen LogP contribution is -2.53. The fourth-order valence-corrected chi connectivity index (χ4v) is 1.61. The second-order valence-corrected chi connectivity index (χ2v) is 3.53. The van der Waals surface area contributed by atoms with Gasteiger partial charge in [-0.3, -0.25) is 10.1 Å². The SMILES string of the molecule is CCC1(CN(C)C)NCNC1=O. The molecule has 1 amide bonds. The molecule has 1 saturated heterocycles. The normalized spacial score (nSPS) is 29.5. The maximum atomic E-state index is 11.5.